The van der Waals surface area contributed by atoms with Crippen LogP contribution >= 0.6 is 11.3 Å². The summed E-state index contributed by atoms with van der Waals surface area (Å²) in [4.78, 5) is 32.3. The Hall–Kier alpha value is -2.74. The van der Waals surface area contributed by atoms with Crippen molar-refractivity contribution in [3.8, 4) is 0 Å². The second-order valence-corrected chi connectivity index (χ2v) is 8.35. The number of nitrogens with one attached hydrogen (secondary N) is 1. The average Bonchev–Trinajstić information content (AvgIpc) is 3.13. The molecule has 1 aromatic carbocycles. The maximum absolute atomic E-state index is 12.8. The molecule has 7 nitrogen and oxygen atoms in total. The van der Waals surface area contributed by atoms with Crippen LogP contribution in [-0.4, -0.2) is 33.6 Å². The Morgan fingerprint density at radius 1 is 1.32 bits per heavy atom. The predicted octanol–water partition coefficient (Wildman–Crippen LogP) is 2.63. The maximum Gasteiger partial charge on any atom is 0.288 e. The van der Waals surface area contributed by atoms with Crippen molar-refractivity contribution >= 4 is 27.3 Å². The highest BCUT2D eigenvalue weighted by Gasteiger charge is 2.22. The van der Waals surface area contributed by atoms with E-state index < -0.39 is 11.5 Å². The molecule has 1 aliphatic rings. The fraction of sp³-hybridized carbons (Fsp3) is 0.400. The zero-order valence-corrected chi connectivity index (χ0v) is 16.8. The lowest BCUT2D eigenvalue weighted by Crippen LogP contribution is -2.34. The summed E-state index contributed by atoms with van der Waals surface area (Å²) in [5, 5.41) is 8.02. The fourth-order valence-corrected chi connectivity index (χ4v) is 4.30. The number of aryl methyl sites for hydroxylation is 1. The van der Waals surface area contributed by atoms with Gasteiger partial charge in [-0.05, 0) is 31.2 Å². The second kappa shape index (κ2) is 7.71. The van der Waals surface area contributed by atoms with Crippen LogP contribution in [0.3, 0.4) is 0 Å². The number of hydrogen-bond donors (Lipinski definition) is 1. The van der Waals surface area contributed by atoms with Crippen LogP contribution in [0.1, 0.15) is 41.3 Å². The van der Waals surface area contributed by atoms with Crippen LogP contribution in [0.15, 0.2) is 35.3 Å². The molecule has 0 spiro atoms. The van der Waals surface area contributed by atoms with Gasteiger partial charge in [0.2, 0.25) is 10.1 Å². The van der Waals surface area contributed by atoms with Crippen LogP contribution in [-0.2, 0) is 6.54 Å². The predicted molar refractivity (Wildman–Crippen MR) is 110 cm³/mol. The van der Waals surface area contributed by atoms with E-state index >= 15 is 0 Å². The van der Waals surface area contributed by atoms with Crippen LogP contribution in [0, 0.1) is 12.8 Å². The van der Waals surface area contributed by atoms with Gasteiger partial charge in [-0.15, -0.1) is 5.10 Å². The quantitative estimate of drug-likeness (QED) is 0.732. The van der Waals surface area contributed by atoms with Gasteiger partial charge in [-0.1, -0.05) is 48.1 Å². The topological polar surface area (TPSA) is 79.6 Å². The number of nitrogens with zero attached hydrogens (tertiary/aromatic N) is 4. The number of piperidine rings is 1. The molecule has 1 atom stereocenters. The van der Waals surface area contributed by atoms with E-state index in [0.717, 1.165) is 35.8 Å². The monoisotopic (exact) mass is 397 g/mol. The van der Waals surface area contributed by atoms with Crippen LogP contribution in [0.5, 0.6) is 0 Å². The van der Waals surface area contributed by atoms with Gasteiger partial charge in [0.25, 0.3) is 11.5 Å². The molecule has 0 aliphatic carbocycles. The van der Waals surface area contributed by atoms with E-state index in [1.165, 1.54) is 28.5 Å². The van der Waals surface area contributed by atoms with Crippen LogP contribution < -0.4 is 15.8 Å². The molecule has 1 fully saturated rings. The highest BCUT2D eigenvalue weighted by molar-refractivity contribution is 7.20. The van der Waals surface area contributed by atoms with Crippen LogP contribution in [0.2, 0.25) is 0 Å². The Bertz CT molecular complexity index is 1060. The number of amides is 1. The van der Waals surface area contributed by atoms with Crippen molar-refractivity contribution in [1.82, 2.24) is 19.9 Å². The maximum atomic E-state index is 12.8. The first-order valence-electron chi connectivity index (χ1n) is 9.49. The Labute approximate surface area is 167 Å². The summed E-state index contributed by atoms with van der Waals surface area (Å²) in [5.74, 6) is 0.169. The normalized spacial score (nSPS) is 17.1. The number of carbonyl (C=O) groups is 1. The lowest BCUT2D eigenvalue weighted by molar-refractivity contribution is 0.0948. The zero-order chi connectivity index (χ0) is 19.7. The Balaban J connectivity index is 1.54. The van der Waals surface area contributed by atoms with Crippen molar-refractivity contribution in [3.05, 3.63) is 57.5 Å². The van der Waals surface area contributed by atoms with Gasteiger partial charge in [-0.25, -0.2) is 4.98 Å². The molecular weight excluding hydrogens is 374 g/mol. The summed E-state index contributed by atoms with van der Waals surface area (Å²) < 4.78 is 1.25. The number of carbonyl (C=O) groups excluding carboxylic acids is 1. The van der Waals surface area contributed by atoms with E-state index in [1.54, 1.807) is 0 Å². The van der Waals surface area contributed by atoms with E-state index in [2.05, 4.69) is 27.2 Å². The van der Waals surface area contributed by atoms with E-state index in [9.17, 15) is 9.59 Å². The summed E-state index contributed by atoms with van der Waals surface area (Å²) in [5.41, 5.74) is 1.71. The number of anilines is 1. The van der Waals surface area contributed by atoms with Crippen LogP contribution in [0.25, 0.3) is 4.96 Å². The van der Waals surface area contributed by atoms with E-state index in [0.29, 0.717) is 17.4 Å². The number of rotatable bonds is 4. The molecule has 1 aliphatic heterocycles. The lowest BCUT2D eigenvalue weighted by atomic mass is 10.0. The second-order valence-electron chi connectivity index (χ2n) is 7.42. The standard InChI is InChI=1S/C20H23N5O2S/c1-13-5-7-15(8-6-13)10-21-17(26)16-11-22-19-25(18(16)27)23-20(28-19)24-9-3-4-14(2)12-24/h5-8,11,14H,3-4,9-10,12H2,1-2H3,(H,21,26). The van der Waals surface area contributed by atoms with E-state index in [-0.39, 0.29) is 5.56 Å². The minimum absolute atomic E-state index is 0.00785. The van der Waals surface area contributed by atoms with Crippen molar-refractivity contribution in [3.63, 3.8) is 0 Å². The number of fused-ring (bicyclic) bond motifs is 1. The van der Waals surface area contributed by atoms with E-state index in [4.69, 9.17) is 0 Å². The Kier molecular flexibility index (Phi) is 5.13. The molecule has 3 heterocycles. The Morgan fingerprint density at radius 2 is 2.11 bits per heavy atom. The molecule has 4 rings (SSSR count). The first-order chi connectivity index (χ1) is 13.5. The summed E-state index contributed by atoms with van der Waals surface area (Å²) in [6, 6.07) is 7.89. The number of hydrogen-bond acceptors (Lipinski definition) is 6. The molecule has 0 radical (unpaired) electrons. The molecule has 3 aromatic rings. The average molecular weight is 398 g/mol. The molecule has 1 amide bonds. The first kappa shape index (κ1) is 18.6. The van der Waals surface area contributed by atoms with Crippen molar-refractivity contribution < 1.29 is 4.79 Å². The zero-order valence-electron chi connectivity index (χ0n) is 16.0. The molecule has 1 saturated heterocycles. The van der Waals surface area contributed by atoms with Gasteiger partial charge >= 0.3 is 0 Å². The smallest absolute Gasteiger partial charge is 0.288 e. The van der Waals surface area contributed by atoms with Crippen molar-refractivity contribution in [2.75, 3.05) is 18.0 Å². The minimum Gasteiger partial charge on any atom is -0.348 e. The molecule has 8 heteroatoms. The largest absolute Gasteiger partial charge is 0.348 e. The van der Waals surface area contributed by atoms with Gasteiger partial charge in [-0.3, -0.25) is 9.59 Å². The molecule has 1 N–H and O–H groups in total. The highest BCUT2D eigenvalue weighted by atomic mass is 32.1. The van der Waals surface area contributed by atoms with Gasteiger partial charge < -0.3 is 10.2 Å². The molecule has 0 saturated carbocycles. The fourth-order valence-electron chi connectivity index (χ4n) is 3.41. The van der Waals surface area contributed by atoms with Crippen molar-refractivity contribution in [2.24, 2.45) is 5.92 Å². The van der Waals surface area contributed by atoms with Gasteiger partial charge in [0, 0.05) is 25.8 Å². The van der Waals surface area contributed by atoms with Crippen molar-refractivity contribution in [1.29, 1.82) is 0 Å². The third kappa shape index (κ3) is 3.77. The molecule has 0 bridgehead atoms. The third-order valence-electron chi connectivity index (χ3n) is 5.02. The summed E-state index contributed by atoms with van der Waals surface area (Å²) in [6.07, 6.45) is 3.68. The van der Waals surface area contributed by atoms with Gasteiger partial charge in [0.1, 0.15) is 5.56 Å². The lowest BCUT2D eigenvalue weighted by Gasteiger charge is -2.30. The number of aromatic nitrogens is 3. The molecule has 146 valence electrons. The van der Waals surface area contributed by atoms with Gasteiger partial charge in [0.05, 0.1) is 0 Å². The van der Waals surface area contributed by atoms with Crippen molar-refractivity contribution in [2.45, 2.75) is 33.2 Å². The molecule has 1 unspecified atom stereocenters. The third-order valence-corrected chi connectivity index (χ3v) is 6.01. The molecule has 28 heavy (non-hydrogen) atoms. The summed E-state index contributed by atoms with van der Waals surface area (Å²) in [7, 11) is 0. The SMILES string of the molecule is Cc1ccc(CNC(=O)c2cnc3sc(N4CCCC(C)C4)nn3c2=O)cc1. The first-order valence-corrected chi connectivity index (χ1v) is 10.3. The van der Waals surface area contributed by atoms with E-state index in [1.807, 2.05) is 31.2 Å². The Morgan fingerprint density at radius 3 is 2.86 bits per heavy atom. The molecule has 2 aromatic heterocycles. The van der Waals surface area contributed by atoms with Gasteiger partial charge in [0.15, 0.2) is 0 Å². The minimum atomic E-state index is -0.436. The van der Waals surface area contributed by atoms with Gasteiger partial charge in [-0.2, -0.15) is 4.52 Å². The molecular formula is C20H23N5O2S. The highest BCUT2D eigenvalue weighted by Crippen LogP contribution is 2.26. The summed E-state index contributed by atoms with van der Waals surface area (Å²) in [6.45, 7) is 6.45. The summed E-state index contributed by atoms with van der Waals surface area (Å²) >= 11 is 1.39. The number of benzene rings is 1. The van der Waals surface area contributed by atoms with Crippen LogP contribution in [0.4, 0.5) is 5.13 Å².